The van der Waals surface area contributed by atoms with E-state index in [0.29, 0.717) is 0 Å². The fourth-order valence-electron chi connectivity index (χ4n) is 1.39. The summed E-state index contributed by atoms with van der Waals surface area (Å²) in [6, 6.07) is 0. The highest BCUT2D eigenvalue weighted by molar-refractivity contribution is 5.57. The molecule has 0 unspecified atom stereocenters. The lowest BCUT2D eigenvalue weighted by atomic mass is 10.2. The lowest BCUT2D eigenvalue weighted by Gasteiger charge is -2.12. The number of aromatic nitrogens is 2. The molecule has 1 rings (SSSR count). The quantitative estimate of drug-likeness (QED) is 0.751. The first-order valence-electron chi connectivity index (χ1n) is 5.15. The van der Waals surface area contributed by atoms with Gasteiger partial charge >= 0.3 is 0 Å². The highest BCUT2D eigenvalue weighted by Crippen LogP contribution is 2.19. The Morgan fingerprint density at radius 2 is 1.50 bits per heavy atom. The Bertz CT molecular complexity index is 261. The molecular weight excluding hydrogens is 176 g/mol. The van der Waals surface area contributed by atoms with Crippen molar-refractivity contribution in [2.45, 2.75) is 27.2 Å². The molecule has 0 saturated carbocycles. The maximum Gasteiger partial charge on any atom is 0.134 e. The second-order valence-corrected chi connectivity index (χ2v) is 2.96. The molecule has 0 fully saturated rings. The molecule has 4 nitrogen and oxygen atoms in total. The van der Waals surface area contributed by atoms with Crippen LogP contribution in [0.2, 0.25) is 0 Å². The van der Waals surface area contributed by atoms with Gasteiger partial charge in [-0.2, -0.15) is 0 Å². The van der Waals surface area contributed by atoms with Crippen LogP contribution in [0.15, 0.2) is 6.33 Å². The summed E-state index contributed by atoms with van der Waals surface area (Å²) in [6.07, 6.45) is 2.53. The van der Waals surface area contributed by atoms with E-state index in [1.807, 2.05) is 0 Å². The summed E-state index contributed by atoms with van der Waals surface area (Å²) in [7, 11) is 0. The molecule has 0 radical (unpaired) electrons. The Morgan fingerprint density at radius 1 is 1.00 bits per heavy atom. The van der Waals surface area contributed by atoms with Gasteiger partial charge in [0.1, 0.15) is 18.0 Å². The van der Waals surface area contributed by atoms with Crippen LogP contribution in [-0.4, -0.2) is 23.1 Å². The summed E-state index contributed by atoms with van der Waals surface area (Å²) in [5, 5.41) is 6.47. The number of nitrogens with zero attached hydrogens (tertiary/aromatic N) is 2. The minimum atomic E-state index is 0.885. The highest BCUT2D eigenvalue weighted by atomic mass is 15.1. The molecule has 0 spiro atoms. The van der Waals surface area contributed by atoms with Crippen LogP contribution in [0.1, 0.15) is 26.3 Å². The normalized spacial score (nSPS) is 9.93. The van der Waals surface area contributed by atoms with Crippen molar-refractivity contribution in [1.82, 2.24) is 9.97 Å². The molecule has 1 heterocycles. The van der Waals surface area contributed by atoms with Gasteiger partial charge in [0.2, 0.25) is 0 Å². The lowest BCUT2D eigenvalue weighted by Crippen LogP contribution is -2.09. The molecule has 1 aromatic heterocycles. The van der Waals surface area contributed by atoms with Crippen molar-refractivity contribution in [3.8, 4) is 0 Å². The summed E-state index contributed by atoms with van der Waals surface area (Å²) < 4.78 is 0. The smallest absolute Gasteiger partial charge is 0.134 e. The zero-order chi connectivity index (χ0) is 10.4. The van der Waals surface area contributed by atoms with Crippen LogP contribution < -0.4 is 10.6 Å². The van der Waals surface area contributed by atoms with Gasteiger partial charge in [-0.3, -0.25) is 0 Å². The molecule has 0 aliphatic carbocycles. The summed E-state index contributed by atoms with van der Waals surface area (Å²) in [5.74, 6) is 1.89. The van der Waals surface area contributed by atoms with Gasteiger partial charge < -0.3 is 10.6 Å². The molecule has 0 aromatic carbocycles. The maximum atomic E-state index is 4.22. The molecule has 78 valence electrons. The third kappa shape index (κ3) is 2.34. The summed E-state index contributed by atoms with van der Waals surface area (Å²) in [5.41, 5.74) is 1.16. The van der Waals surface area contributed by atoms with Gasteiger partial charge in [0, 0.05) is 18.7 Å². The monoisotopic (exact) mass is 194 g/mol. The molecule has 0 bridgehead atoms. The van der Waals surface area contributed by atoms with Crippen molar-refractivity contribution >= 4 is 11.6 Å². The highest BCUT2D eigenvalue weighted by Gasteiger charge is 2.07. The number of hydrogen-bond donors (Lipinski definition) is 2. The zero-order valence-corrected chi connectivity index (χ0v) is 9.09. The number of hydrogen-bond acceptors (Lipinski definition) is 4. The van der Waals surface area contributed by atoms with E-state index in [1.54, 1.807) is 6.33 Å². The van der Waals surface area contributed by atoms with Gasteiger partial charge in [0.25, 0.3) is 0 Å². The van der Waals surface area contributed by atoms with Gasteiger partial charge in [0.05, 0.1) is 0 Å². The molecule has 0 aliphatic heterocycles. The number of anilines is 2. The van der Waals surface area contributed by atoms with E-state index < -0.39 is 0 Å². The van der Waals surface area contributed by atoms with Gasteiger partial charge in [0.15, 0.2) is 0 Å². The third-order valence-corrected chi connectivity index (χ3v) is 1.99. The maximum absolute atomic E-state index is 4.22. The SMILES string of the molecule is CCNc1ncnc(NCC)c1CC. The van der Waals surface area contributed by atoms with Crippen molar-refractivity contribution in [3.05, 3.63) is 11.9 Å². The molecule has 1 aromatic rings. The number of nitrogens with one attached hydrogen (secondary N) is 2. The van der Waals surface area contributed by atoms with E-state index in [-0.39, 0.29) is 0 Å². The molecule has 0 atom stereocenters. The largest absolute Gasteiger partial charge is 0.370 e. The van der Waals surface area contributed by atoms with Crippen LogP contribution in [0.25, 0.3) is 0 Å². The fourth-order valence-corrected chi connectivity index (χ4v) is 1.39. The van der Waals surface area contributed by atoms with Gasteiger partial charge in [-0.15, -0.1) is 0 Å². The van der Waals surface area contributed by atoms with Gasteiger partial charge in [-0.25, -0.2) is 9.97 Å². The Hall–Kier alpha value is -1.32. The molecule has 2 N–H and O–H groups in total. The first-order valence-corrected chi connectivity index (χ1v) is 5.15. The first kappa shape index (κ1) is 10.8. The Kier molecular flexibility index (Phi) is 4.16. The standard InChI is InChI=1S/C10H18N4/c1-4-8-9(11-5-2)13-7-14-10(8)12-6-3/h7H,4-6H2,1-3H3,(H2,11,12,13,14). The minimum Gasteiger partial charge on any atom is -0.370 e. The Labute approximate surface area is 85.2 Å². The third-order valence-electron chi connectivity index (χ3n) is 1.99. The Balaban J connectivity index is 2.98. The molecule has 4 heteroatoms. The summed E-state index contributed by atoms with van der Waals surface area (Å²) in [4.78, 5) is 8.44. The van der Waals surface area contributed by atoms with Gasteiger partial charge in [-0.1, -0.05) is 6.92 Å². The molecule has 14 heavy (non-hydrogen) atoms. The van der Waals surface area contributed by atoms with Crippen LogP contribution in [0.3, 0.4) is 0 Å². The predicted octanol–water partition coefficient (Wildman–Crippen LogP) is 1.90. The van der Waals surface area contributed by atoms with Crippen LogP contribution >= 0.6 is 0 Å². The average Bonchev–Trinajstić information content (AvgIpc) is 2.19. The Morgan fingerprint density at radius 3 is 1.86 bits per heavy atom. The summed E-state index contributed by atoms with van der Waals surface area (Å²) in [6.45, 7) is 8.01. The van der Waals surface area contributed by atoms with Crippen molar-refractivity contribution < 1.29 is 0 Å². The van der Waals surface area contributed by atoms with Crippen molar-refractivity contribution in [2.24, 2.45) is 0 Å². The lowest BCUT2D eigenvalue weighted by molar-refractivity contribution is 1.01. The van der Waals surface area contributed by atoms with E-state index in [4.69, 9.17) is 0 Å². The first-order chi connectivity index (χ1) is 6.83. The number of rotatable bonds is 5. The second-order valence-electron chi connectivity index (χ2n) is 2.96. The van der Waals surface area contributed by atoms with E-state index >= 15 is 0 Å². The van der Waals surface area contributed by atoms with E-state index in [0.717, 1.165) is 36.7 Å². The van der Waals surface area contributed by atoms with E-state index in [1.165, 1.54) is 0 Å². The van der Waals surface area contributed by atoms with Crippen molar-refractivity contribution in [3.63, 3.8) is 0 Å². The van der Waals surface area contributed by atoms with Crippen LogP contribution in [0.4, 0.5) is 11.6 Å². The average molecular weight is 194 g/mol. The van der Waals surface area contributed by atoms with Gasteiger partial charge in [-0.05, 0) is 20.3 Å². The predicted molar refractivity (Wildman–Crippen MR) is 59.7 cm³/mol. The molecule has 0 amide bonds. The van der Waals surface area contributed by atoms with Crippen LogP contribution in [0, 0.1) is 0 Å². The minimum absolute atomic E-state index is 0.885. The van der Waals surface area contributed by atoms with Crippen LogP contribution in [-0.2, 0) is 6.42 Å². The molecule has 0 saturated heterocycles. The second kappa shape index (κ2) is 5.42. The zero-order valence-electron chi connectivity index (χ0n) is 9.09. The van der Waals surface area contributed by atoms with Crippen LogP contribution in [0.5, 0.6) is 0 Å². The van der Waals surface area contributed by atoms with Crippen molar-refractivity contribution in [1.29, 1.82) is 0 Å². The fraction of sp³-hybridized carbons (Fsp3) is 0.600. The summed E-state index contributed by atoms with van der Waals surface area (Å²) >= 11 is 0. The molecule has 0 aliphatic rings. The molecular formula is C10H18N4. The topological polar surface area (TPSA) is 49.8 Å². The van der Waals surface area contributed by atoms with Crippen molar-refractivity contribution in [2.75, 3.05) is 23.7 Å². The van der Waals surface area contributed by atoms with E-state index in [9.17, 15) is 0 Å². The van der Waals surface area contributed by atoms with E-state index in [2.05, 4.69) is 41.4 Å².